The molecule has 0 unspecified atom stereocenters. The fourth-order valence-electron chi connectivity index (χ4n) is 10.0. The number of hydrogen-bond donors (Lipinski definition) is 0. The van der Waals surface area contributed by atoms with Crippen molar-refractivity contribution >= 4 is 0 Å². The van der Waals surface area contributed by atoms with E-state index in [1.165, 1.54) is 327 Å². The van der Waals surface area contributed by atoms with Gasteiger partial charge in [0.1, 0.15) is 6.10 Å². The molecular weight excluding hydrogens is 845 g/mol. The highest BCUT2D eigenvalue weighted by Gasteiger charge is 2.12. The Morgan fingerprint density at radius 1 is 0.232 bits per heavy atom. The fraction of sp³-hybridized carbons (Fsp3) is 0.969. The normalized spacial score (nSPS) is 11.9. The van der Waals surface area contributed by atoms with Gasteiger partial charge in [-0.15, -0.1) is 0 Å². The molecule has 0 heterocycles. The summed E-state index contributed by atoms with van der Waals surface area (Å²) >= 11 is 0. The summed E-state index contributed by atoms with van der Waals surface area (Å²) in [6.07, 6.45) is 79.6. The fourth-order valence-corrected chi connectivity index (χ4v) is 10.0. The highest BCUT2D eigenvalue weighted by Crippen LogP contribution is 2.18. The van der Waals surface area contributed by atoms with Gasteiger partial charge in [-0.1, -0.05) is 335 Å². The molecule has 0 rings (SSSR count). The van der Waals surface area contributed by atoms with E-state index in [2.05, 4.69) is 32.9 Å². The summed E-state index contributed by atoms with van der Waals surface area (Å²) in [5.41, 5.74) is 0. The maximum Gasteiger partial charge on any atom is 0.139 e. The van der Waals surface area contributed by atoms with Crippen molar-refractivity contribution in [2.24, 2.45) is 0 Å². The monoisotopic (exact) mass is 975 g/mol. The summed E-state index contributed by atoms with van der Waals surface area (Å²) in [6, 6.07) is 0. The maximum atomic E-state index is 6.13. The van der Waals surface area contributed by atoms with Crippen LogP contribution in [0.4, 0.5) is 0 Å². The highest BCUT2D eigenvalue weighted by molar-refractivity contribution is 4.81. The molecule has 0 aromatic heterocycles. The minimum absolute atomic E-state index is 0.144. The van der Waals surface area contributed by atoms with E-state index in [0.29, 0.717) is 19.8 Å². The van der Waals surface area contributed by atoms with E-state index < -0.39 is 0 Å². The van der Waals surface area contributed by atoms with Crippen molar-refractivity contribution in [3.63, 3.8) is 0 Å². The Morgan fingerprint density at radius 3 is 0.681 bits per heavy atom. The second-order valence-corrected chi connectivity index (χ2v) is 22.1. The maximum absolute atomic E-state index is 6.13. The van der Waals surface area contributed by atoms with E-state index in [-0.39, 0.29) is 6.10 Å². The molecule has 0 aliphatic rings. The standard InChI is InChI=1S/C65H130O4/c1-4-7-10-13-16-19-22-25-28-31-33-35-37-39-42-45-48-51-54-57-60-66-63-65(69-68-62-59-56-53-50-47-44-41-30-27-24-21-18-15-12-9-6-3)64-67-61-58-55-52-49-46-43-40-38-36-34-32-29-26-23-20-17-14-11-8-5-2/h27,30,65H,4-26,28-29,31-64H2,1-3H3. The lowest BCUT2D eigenvalue weighted by molar-refractivity contribution is -0.337. The minimum atomic E-state index is -0.144. The molecule has 0 amide bonds. The Hall–Kier alpha value is -0.420. The zero-order valence-corrected chi connectivity index (χ0v) is 48.1. The van der Waals surface area contributed by atoms with Gasteiger partial charge in [-0.05, 0) is 44.9 Å². The van der Waals surface area contributed by atoms with Gasteiger partial charge in [0, 0.05) is 13.2 Å². The van der Waals surface area contributed by atoms with Crippen LogP contribution in [0.15, 0.2) is 12.2 Å². The highest BCUT2D eigenvalue weighted by atomic mass is 17.2. The summed E-state index contributed by atoms with van der Waals surface area (Å²) in [5, 5.41) is 0. The summed E-state index contributed by atoms with van der Waals surface area (Å²) in [6.45, 7) is 10.3. The molecule has 0 aliphatic heterocycles. The van der Waals surface area contributed by atoms with Gasteiger partial charge in [0.2, 0.25) is 0 Å². The molecule has 0 N–H and O–H groups in total. The summed E-state index contributed by atoms with van der Waals surface area (Å²) in [7, 11) is 0. The van der Waals surface area contributed by atoms with E-state index in [1.54, 1.807) is 0 Å². The van der Waals surface area contributed by atoms with Gasteiger partial charge < -0.3 is 9.47 Å². The molecule has 69 heavy (non-hydrogen) atoms. The third-order valence-electron chi connectivity index (χ3n) is 14.8. The van der Waals surface area contributed by atoms with Crippen LogP contribution in [0.1, 0.15) is 367 Å². The predicted octanol–water partition coefficient (Wildman–Crippen LogP) is 23.0. The first-order valence-electron chi connectivity index (χ1n) is 32.4. The lowest BCUT2D eigenvalue weighted by Gasteiger charge is -2.17. The van der Waals surface area contributed by atoms with E-state index in [1.807, 2.05) is 0 Å². The summed E-state index contributed by atoms with van der Waals surface area (Å²) in [5.74, 6) is 0. The van der Waals surface area contributed by atoms with Gasteiger partial charge in [-0.25, -0.2) is 9.78 Å². The van der Waals surface area contributed by atoms with Crippen molar-refractivity contribution in [2.45, 2.75) is 374 Å². The Kier molecular flexibility index (Phi) is 65.2. The van der Waals surface area contributed by atoms with Crippen molar-refractivity contribution in [3.05, 3.63) is 12.2 Å². The number of allylic oxidation sites excluding steroid dienone is 2. The molecule has 0 bridgehead atoms. The molecule has 0 aromatic rings. The van der Waals surface area contributed by atoms with Crippen LogP contribution in [-0.2, 0) is 19.2 Å². The first-order chi connectivity index (χ1) is 34.3. The van der Waals surface area contributed by atoms with Crippen molar-refractivity contribution in [1.82, 2.24) is 0 Å². The zero-order chi connectivity index (χ0) is 49.5. The van der Waals surface area contributed by atoms with Gasteiger partial charge in [0.25, 0.3) is 0 Å². The molecule has 0 atom stereocenters. The molecule has 4 nitrogen and oxygen atoms in total. The second-order valence-electron chi connectivity index (χ2n) is 22.1. The van der Waals surface area contributed by atoms with Gasteiger partial charge >= 0.3 is 0 Å². The number of hydrogen-bond acceptors (Lipinski definition) is 4. The van der Waals surface area contributed by atoms with Crippen LogP contribution in [0, 0.1) is 0 Å². The Morgan fingerprint density at radius 2 is 0.435 bits per heavy atom. The van der Waals surface area contributed by atoms with E-state index in [0.717, 1.165) is 32.5 Å². The molecular formula is C65H130O4. The van der Waals surface area contributed by atoms with Crippen molar-refractivity contribution in [3.8, 4) is 0 Å². The topological polar surface area (TPSA) is 36.9 Å². The quantitative estimate of drug-likeness (QED) is 0.0263. The Balaban J connectivity index is 3.99. The zero-order valence-electron chi connectivity index (χ0n) is 48.1. The summed E-state index contributed by atoms with van der Waals surface area (Å²) in [4.78, 5) is 11.6. The SMILES string of the molecule is CCCCCCCCC=CCCCCCCCCOOC(COCCCCCCCCCCCCCCCCCCCCCC)COCCCCCCCCCCCCCCCCCCCCCC. The molecule has 0 fully saturated rings. The average molecular weight is 976 g/mol. The van der Waals surface area contributed by atoms with Gasteiger partial charge in [-0.3, -0.25) is 0 Å². The van der Waals surface area contributed by atoms with Crippen LogP contribution in [0.2, 0.25) is 0 Å². The summed E-state index contributed by atoms with van der Waals surface area (Å²) < 4.78 is 12.3. The van der Waals surface area contributed by atoms with Crippen LogP contribution in [0.25, 0.3) is 0 Å². The van der Waals surface area contributed by atoms with Crippen LogP contribution >= 0.6 is 0 Å². The van der Waals surface area contributed by atoms with Gasteiger partial charge in [0.05, 0.1) is 19.8 Å². The third kappa shape index (κ3) is 63.6. The average Bonchev–Trinajstić information content (AvgIpc) is 3.36. The smallest absolute Gasteiger partial charge is 0.139 e. The Labute approximate surface area is 436 Å². The lowest BCUT2D eigenvalue weighted by atomic mass is 10.0. The van der Waals surface area contributed by atoms with E-state index >= 15 is 0 Å². The van der Waals surface area contributed by atoms with Crippen LogP contribution in [0.5, 0.6) is 0 Å². The first-order valence-corrected chi connectivity index (χ1v) is 32.4. The molecule has 0 spiro atoms. The largest absolute Gasteiger partial charge is 0.379 e. The van der Waals surface area contributed by atoms with Crippen LogP contribution in [0.3, 0.4) is 0 Å². The van der Waals surface area contributed by atoms with Crippen molar-refractivity contribution in [1.29, 1.82) is 0 Å². The second kappa shape index (κ2) is 65.6. The molecule has 414 valence electrons. The molecule has 4 heteroatoms. The van der Waals surface area contributed by atoms with Crippen molar-refractivity contribution < 1.29 is 19.2 Å². The minimum Gasteiger partial charge on any atom is -0.379 e. The van der Waals surface area contributed by atoms with Gasteiger partial charge in [0.15, 0.2) is 0 Å². The molecule has 0 aliphatic carbocycles. The lowest BCUT2D eigenvalue weighted by Crippen LogP contribution is -2.26. The molecule has 0 aromatic carbocycles. The first kappa shape index (κ1) is 68.6. The van der Waals surface area contributed by atoms with Crippen LogP contribution in [-0.4, -0.2) is 39.1 Å². The molecule has 0 radical (unpaired) electrons. The molecule has 0 saturated carbocycles. The Bertz CT molecular complexity index is 843. The number of rotatable bonds is 64. The van der Waals surface area contributed by atoms with Crippen molar-refractivity contribution in [2.75, 3.05) is 33.0 Å². The predicted molar refractivity (Wildman–Crippen MR) is 308 cm³/mol. The van der Waals surface area contributed by atoms with Crippen LogP contribution < -0.4 is 0 Å². The third-order valence-corrected chi connectivity index (χ3v) is 14.8. The van der Waals surface area contributed by atoms with Gasteiger partial charge in [-0.2, -0.15) is 0 Å². The number of ether oxygens (including phenoxy) is 2. The number of unbranched alkanes of at least 4 members (excludes halogenated alkanes) is 50. The van der Waals surface area contributed by atoms with E-state index in [4.69, 9.17) is 19.2 Å². The molecule has 0 saturated heterocycles. The van der Waals surface area contributed by atoms with E-state index in [9.17, 15) is 0 Å².